The predicted molar refractivity (Wildman–Crippen MR) is 141 cm³/mol. The van der Waals surface area contributed by atoms with E-state index in [-0.39, 0.29) is 6.04 Å². The molecule has 0 saturated carbocycles. The van der Waals surface area contributed by atoms with Crippen LogP contribution < -0.4 is 25.3 Å². The van der Waals surface area contributed by atoms with Crippen LogP contribution in [0.1, 0.15) is 61.9 Å². The molecule has 2 N–H and O–H groups in total. The van der Waals surface area contributed by atoms with Crippen molar-refractivity contribution in [2.24, 2.45) is 5.73 Å². The molecule has 2 atom stereocenters. The SMILES string of the molecule is Cc1cc(C(N)=O)cnc1N1CCN(c2cc(N3CCCCC3)nc(N3CCCC3C)n2)[C@H](C)C1. The first-order valence-corrected chi connectivity index (χ1v) is 13.1. The molecule has 2 aromatic heterocycles. The van der Waals surface area contributed by atoms with E-state index in [0.717, 1.165) is 68.2 Å². The standard InChI is InChI=1S/C26H38N8O/c1-18-14-21(24(27)35)16-28-25(18)32-12-13-33(20(3)17-32)23-15-22(31-9-5-4-6-10-31)29-26(30-23)34-11-7-8-19(34)2/h14-16,19-20H,4-13,17H2,1-3H3,(H2,27,35)/t19?,20-/m1/s1. The predicted octanol–water partition coefficient (Wildman–Crippen LogP) is 2.97. The number of nitrogens with zero attached hydrogens (tertiary/aromatic N) is 7. The third-order valence-electron chi connectivity index (χ3n) is 7.73. The molecule has 1 unspecified atom stereocenters. The van der Waals surface area contributed by atoms with Gasteiger partial charge in [-0.2, -0.15) is 9.97 Å². The number of aryl methyl sites for hydroxylation is 1. The van der Waals surface area contributed by atoms with Crippen LogP contribution in [0.2, 0.25) is 0 Å². The van der Waals surface area contributed by atoms with Crippen molar-refractivity contribution in [1.29, 1.82) is 0 Å². The number of piperidine rings is 1. The molecule has 5 heterocycles. The molecular weight excluding hydrogens is 440 g/mol. The molecule has 188 valence electrons. The molecule has 0 bridgehead atoms. The van der Waals surface area contributed by atoms with Gasteiger partial charge in [0.25, 0.3) is 0 Å². The summed E-state index contributed by atoms with van der Waals surface area (Å²) in [4.78, 5) is 35.8. The molecule has 35 heavy (non-hydrogen) atoms. The Balaban J connectivity index is 1.40. The molecule has 0 spiro atoms. The Hall–Kier alpha value is -3.10. The van der Waals surface area contributed by atoms with E-state index in [9.17, 15) is 4.79 Å². The summed E-state index contributed by atoms with van der Waals surface area (Å²) >= 11 is 0. The van der Waals surface area contributed by atoms with Crippen LogP contribution in [0.5, 0.6) is 0 Å². The second-order valence-corrected chi connectivity index (χ2v) is 10.3. The molecule has 0 radical (unpaired) electrons. The number of hydrogen-bond donors (Lipinski definition) is 1. The van der Waals surface area contributed by atoms with Crippen molar-refractivity contribution >= 4 is 29.3 Å². The molecule has 1 amide bonds. The average Bonchev–Trinajstić information content (AvgIpc) is 3.30. The first-order valence-electron chi connectivity index (χ1n) is 13.1. The number of piperazine rings is 1. The monoisotopic (exact) mass is 478 g/mol. The van der Waals surface area contributed by atoms with E-state index >= 15 is 0 Å². The van der Waals surface area contributed by atoms with Gasteiger partial charge in [-0.05, 0) is 64.5 Å². The summed E-state index contributed by atoms with van der Waals surface area (Å²) in [6, 6.07) is 4.77. The highest BCUT2D eigenvalue weighted by Crippen LogP contribution is 2.31. The quantitative estimate of drug-likeness (QED) is 0.701. The fourth-order valence-corrected chi connectivity index (χ4v) is 5.72. The Morgan fingerprint density at radius 2 is 1.66 bits per heavy atom. The van der Waals surface area contributed by atoms with Crippen molar-refractivity contribution < 1.29 is 4.79 Å². The molecule has 3 aliphatic rings. The smallest absolute Gasteiger partial charge is 0.250 e. The minimum atomic E-state index is -0.443. The lowest BCUT2D eigenvalue weighted by Crippen LogP contribution is -2.53. The second kappa shape index (κ2) is 9.87. The number of hydrogen-bond acceptors (Lipinski definition) is 8. The third-order valence-corrected chi connectivity index (χ3v) is 7.73. The number of rotatable bonds is 5. The normalized spacial score (nSPS) is 23.2. The van der Waals surface area contributed by atoms with Crippen LogP contribution in [0, 0.1) is 6.92 Å². The highest BCUT2D eigenvalue weighted by atomic mass is 16.1. The van der Waals surface area contributed by atoms with Gasteiger partial charge in [-0.1, -0.05) is 0 Å². The van der Waals surface area contributed by atoms with Crippen LogP contribution in [-0.2, 0) is 0 Å². The van der Waals surface area contributed by atoms with Crippen molar-refractivity contribution in [3.63, 3.8) is 0 Å². The molecule has 5 rings (SSSR count). The fraction of sp³-hybridized carbons (Fsp3) is 0.615. The molecule has 3 fully saturated rings. The van der Waals surface area contributed by atoms with Crippen molar-refractivity contribution in [3.8, 4) is 0 Å². The maximum Gasteiger partial charge on any atom is 0.250 e. The summed E-state index contributed by atoms with van der Waals surface area (Å²) in [7, 11) is 0. The van der Waals surface area contributed by atoms with Crippen LogP contribution in [0.4, 0.5) is 23.4 Å². The second-order valence-electron chi connectivity index (χ2n) is 10.3. The van der Waals surface area contributed by atoms with Crippen LogP contribution in [0.15, 0.2) is 18.3 Å². The number of carbonyl (C=O) groups excluding carboxylic acids is 1. The number of aromatic nitrogens is 3. The van der Waals surface area contributed by atoms with Gasteiger partial charge in [-0.25, -0.2) is 4.98 Å². The van der Waals surface area contributed by atoms with E-state index in [1.807, 2.05) is 13.0 Å². The van der Waals surface area contributed by atoms with E-state index in [2.05, 4.69) is 44.5 Å². The molecule has 2 aromatic rings. The lowest BCUT2D eigenvalue weighted by atomic mass is 10.1. The third kappa shape index (κ3) is 4.86. The van der Waals surface area contributed by atoms with Gasteiger partial charge in [0.2, 0.25) is 11.9 Å². The molecule has 3 saturated heterocycles. The van der Waals surface area contributed by atoms with Crippen LogP contribution in [0.25, 0.3) is 0 Å². The lowest BCUT2D eigenvalue weighted by Gasteiger charge is -2.42. The summed E-state index contributed by atoms with van der Waals surface area (Å²) in [5.74, 6) is 3.45. The molecule has 3 aliphatic heterocycles. The van der Waals surface area contributed by atoms with Gasteiger partial charge in [0.15, 0.2) is 0 Å². The molecular formula is C26H38N8O. The van der Waals surface area contributed by atoms with Crippen molar-refractivity contribution in [3.05, 3.63) is 29.5 Å². The molecule has 0 aliphatic carbocycles. The summed E-state index contributed by atoms with van der Waals surface area (Å²) < 4.78 is 0. The minimum Gasteiger partial charge on any atom is -0.366 e. The van der Waals surface area contributed by atoms with Crippen LogP contribution >= 0.6 is 0 Å². The van der Waals surface area contributed by atoms with E-state index in [0.29, 0.717) is 11.6 Å². The Labute approximate surface area is 208 Å². The molecule has 9 nitrogen and oxygen atoms in total. The van der Waals surface area contributed by atoms with E-state index in [4.69, 9.17) is 15.7 Å². The number of anilines is 4. The fourth-order valence-electron chi connectivity index (χ4n) is 5.72. The number of pyridine rings is 1. The largest absolute Gasteiger partial charge is 0.366 e. The Bertz CT molecular complexity index is 1070. The van der Waals surface area contributed by atoms with E-state index in [1.54, 1.807) is 6.20 Å². The number of carbonyl (C=O) groups is 1. The minimum absolute atomic E-state index is 0.258. The summed E-state index contributed by atoms with van der Waals surface area (Å²) in [5.41, 5.74) is 6.86. The number of nitrogens with two attached hydrogens (primary N) is 1. The average molecular weight is 479 g/mol. The van der Waals surface area contributed by atoms with Crippen LogP contribution in [0.3, 0.4) is 0 Å². The summed E-state index contributed by atoms with van der Waals surface area (Å²) in [5, 5.41) is 0. The highest BCUT2D eigenvalue weighted by molar-refractivity contribution is 5.92. The lowest BCUT2D eigenvalue weighted by molar-refractivity contribution is 0.1000. The zero-order valence-corrected chi connectivity index (χ0v) is 21.3. The van der Waals surface area contributed by atoms with Crippen molar-refractivity contribution in [1.82, 2.24) is 15.0 Å². The van der Waals surface area contributed by atoms with E-state index < -0.39 is 5.91 Å². The first kappa shape index (κ1) is 23.6. The maximum atomic E-state index is 11.5. The zero-order chi connectivity index (χ0) is 24.5. The topological polar surface area (TPSA) is 94.7 Å². The van der Waals surface area contributed by atoms with Gasteiger partial charge in [-0.15, -0.1) is 0 Å². The van der Waals surface area contributed by atoms with Crippen molar-refractivity contribution in [2.75, 3.05) is 58.9 Å². The van der Waals surface area contributed by atoms with Gasteiger partial charge < -0.3 is 25.3 Å². The van der Waals surface area contributed by atoms with Gasteiger partial charge in [0.05, 0.1) is 5.56 Å². The maximum absolute atomic E-state index is 11.5. The van der Waals surface area contributed by atoms with Crippen LogP contribution in [-0.4, -0.2) is 72.2 Å². The Kier molecular flexibility index (Phi) is 6.67. The number of primary amides is 1. The zero-order valence-electron chi connectivity index (χ0n) is 21.3. The number of amides is 1. The molecule has 9 heteroatoms. The van der Waals surface area contributed by atoms with Crippen molar-refractivity contribution in [2.45, 2.75) is 65.0 Å². The van der Waals surface area contributed by atoms with Gasteiger partial charge >= 0.3 is 0 Å². The Morgan fingerprint density at radius 3 is 2.31 bits per heavy atom. The van der Waals surface area contributed by atoms with Gasteiger partial charge in [0, 0.05) is 63.6 Å². The summed E-state index contributed by atoms with van der Waals surface area (Å²) in [6.07, 6.45) is 7.74. The Morgan fingerprint density at radius 1 is 0.886 bits per heavy atom. The van der Waals surface area contributed by atoms with E-state index in [1.165, 1.54) is 32.1 Å². The van der Waals surface area contributed by atoms with Gasteiger partial charge in [0.1, 0.15) is 17.5 Å². The van der Waals surface area contributed by atoms with Gasteiger partial charge in [-0.3, -0.25) is 4.79 Å². The summed E-state index contributed by atoms with van der Waals surface area (Å²) in [6.45, 7) is 12.2. The highest BCUT2D eigenvalue weighted by Gasteiger charge is 2.30. The molecule has 0 aromatic carbocycles. The first-order chi connectivity index (χ1) is 16.9.